The fourth-order valence-electron chi connectivity index (χ4n) is 1.41. The van der Waals surface area contributed by atoms with Crippen LogP contribution in [0.2, 0.25) is 0 Å². The van der Waals surface area contributed by atoms with Gasteiger partial charge in [-0.25, -0.2) is 4.68 Å². The molecule has 0 aliphatic carbocycles. The summed E-state index contributed by atoms with van der Waals surface area (Å²) in [7, 11) is 3.96. The first-order valence-electron chi connectivity index (χ1n) is 6.26. The Bertz CT molecular complexity index is 392. The number of aromatic nitrogens is 4. The molecule has 108 valence electrons. The van der Waals surface area contributed by atoms with Crippen molar-refractivity contribution >= 4 is 17.7 Å². The summed E-state index contributed by atoms with van der Waals surface area (Å²) in [4.78, 5) is 13.6. The molecule has 0 atom stereocenters. The molecule has 7 nitrogen and oxygen atoms in total. The maximum atomic E-state index is 11.6. The number of rotatable bonds is 8. The van der Waals surface area contributed by atoms with E-state index in [1.165, 1.54) is 11.8 Å². The lowest BCUT2D eigenvalue weighted by Gasteiger charge is -2.10. The molecule has 19 heavy (non-hydrogen) atoms. The van der Waals surface area contributed by atoms with Crippen molar-refractivity contribution < 1.29 is 4.79 Å². The van der Waals surface area contributed by atoms with Crippen molar-refractivity contribution in [3.63, 3.8) is 0 Å². The summed E-state index contributed by atoms with van der Waals surface area (Å²) in [5.41, 5.74) is 0. The van der Waals surface area contributed by atoms with Gasteiger partial charge in [-0.05, 0) is 38.4 Å². The Morgan fingerprint density at radius 3 is 2.84 bits per heavy atom. The summed E-state index contributed by atoms with van der Waals surface area (Å²) in [6.45, 7) is 5.58. The van der Waals surface area contributed by atoms with Crippen molar-refractivity contribution in [1.29, 1.82) is 0 Å². The zero-order chi connectivity index (χ0) is 14.3. The number of carbonyl (C=O) groups is 1. The van der Waals surface area contributed by atoms with E-state index >= 15 is 0 Å². The van der Waals surface area contributed by atoms with Crippen LogP contribution < -0.4 is 5.32 Å². The number of nitrogens with zero attached hydrogens (tertiary/aromatic N) is 5. The van der Waals surface area contributed by atoms with Gasteiger partial charge in [0, 0.05) is 13.1 Å². The van der Waals surface area contributed by atoms with E-state index in [0.29, 0.717) is 18.1 Å². The van der Waals surface area contributed by atoms with Gasteiger partial charge in [-0.1, -0.05) is 0 Å². The van der Waals surface area contributed by atoms with Crippen LogP contribution in [0.3, 0.4) is 0 Å². The molecule has 1 aromatic heterocycles. The number of carbonyl (C=O) groups excluding carboxylic acids is 1. The van der Waals surface area contributed by atoms with Crippen LogP contribution in [0, 0.1) is 0 Å². The Morgan fingerprint density at radius 2 is 2.21 bits per heavy atom. The zero-order valence-corrected chi connectivity index (χ0v) is 12.8. The molecule has 0 bridgehead atoms. The highest BCUT2D eigenvalue weighted by molar-refractivity contribution is 7.99. The standard InChI is InChI=1S/C11H22N6OS/c1-9(2)17-10(13-14-15-17)7-19-8-11(18)12-5-6-16(3)4/h9H,5-8H2,1-4H3,(H,12,18). The molecular weight excluding hydrogens is 264 g/mol. The molecule has 0 aliphatic heterocycles. The van der Waals surface area contributed by atoms with Gasteiger partial charge >= 0.3 is 0 Å². The second-order valence-electron chi connectivity index (χ2n) is 4.78. The molecule has 0 spiro atoms. The van der Waals surface area contributed by atoms with Crippen molar-refractivity contribution in [2.45, 2.75) is 25.6 Å². The highest BCUT2D eigenvalue weighted by Gasteiger charge is 2.10. The van der Waals surface area contributed by atoms with E-state index in [0.717, 1.165) is 12.4 Å². The normalized spacial score (nSPS) is 11.3. The minimum absolute atomic E-state index is 0.0513. The SMILES string of the molecule is CC(C)n1nnnc1CSCC(=O)NCCN(C)C. The number of hydrogen-bond acceptors (Lipinski definition) is 6. The molecule has 0 saturated carbocycles. The Balaban J connectivity index is 2.22. The van der Waals surface area contributed by atoms with Crippen LogP contribution in [-0.4, -0.2) is 64.0 Å². The number of nitrogens with one attached hydrogen (secondary N) is 1. The van der Waals surface area contributed by atoms with E-state index in [2.05, 4.69) is 20.8 Å². The lowest BCUT2D eigenvalue weighted by Crippen LogP contribution is -2.32. The predicted octanol–water partition coefficient (Wildman–Crippen LogP) is 0.165. The number of amides is 1. The fraction of sp³-hybridized carbons (Fsp3) is 0.818. The van der Waals surface area contributed by atoms with Gasteiger partial charge in [0.05, 0.1) is 17.5 Å². The molecule has 1 heterocycles. The number of likely N-dealkylation sites (N-methyl/N-ethyl adjacent to an activating group) is 1. The van der Waals surface area contributed by atoms with Gasteiger partial charge in [0.25, 0.3) is 0 Å². The maximum absolute atomic E-state index is 11.6. The Labute approximate surface area is 118 Å². The van der Waals surface area contributed by atoms with E-state index in [-0.39, 0.29) is 11.9 Å². The van der Waals surface area contributed by atoms with Gasteiger partial charge < -0.3 is 10.2 Å². The average molecular weight is 286 g/mol. The predicted molar refractivity (Wildman–Crippen MR) is 75.9 cm³/mol. The summed E-state index contributed by atoms with van der Waals surface area (Å²) in [5.74, 6) is 1.93. The van der Waals surface area contributed by atoms with Gasteiger partial charge in [-0.3, -0.25) is 4.79 Å². The molecule has 0 aromatic carbocycles. The second kappa shape index (κ2) is 8.11. The van der Waals surface area contributed by atoms with Crippen molar-refractivity contribution in [2.75, 3.05) is 32.9 Å². The second-order valence-corrected chi connectivity index (χ2v) is 5.77. The molecule has 1 N–H and O–H groups in total. The lowest BCUT2D eigenvalue weighted by molar-refractivity contribution is -0.118. The molecule has 8 heteroatoms. The van der Waals surface area contributed by atoms with Gasteiger partial charge in [0.2, 0.25) is 5.91 Å². The highest BCUT2D eigenvalue weighted by atomic mass is 32.2. The number of thioether (sulfide) groups is 1. The topological polar surface area (TPSA) is 75.9 Å². The van der Waals surface area contributed by atoms with Crippen LogP contribution in [0.25, 0.3) is 0 Å². The Hall–Kier alpha value is -1.15. The Morgan fingerprint density at radius 1 is 1.47 bits per heavy atom. The zero-order valence-electron chi connectivity index (χ0n) is 12.0. The third kappa shape index (κ3) is 6.02. The minimum Gasteiger partial charge on any atom is -0.354 e. The van der Waals surface area contributed by atoms with Crippen LogP contribution in [-0.2, 0) is 10.5 Å². The largest absolute Gasteiger partial charge is 0.354 e. The molecule has 1 rings (SSSR count). The van der Waals surface area contributed by atoms with E-state index in [1.807, 2.05) is 32.8 Å². The monoisotopic (exact) mass is 286 g/mol. The van der Waals surface area contributed by atoms with Gasteiger partial charge in [-0.2, -0.15) is 0 Å². The molecular formula is C11H22N6OS. The summed E-state index contributed by atoms with van der Waals surface area (Å²) in [6.07, 6.45) is 0. The number of hydrogen-bond donors (Lipinski definition) is 1. The van der Waals surface area contributed by atoms with E-state index in [9.17, 15) is 4.79 Å². The van der Waals surface area contributed by atoms with Crippen molar-refractivity contribution in [2.24, 2.45) is 0 Å². The summed E-state index contributed by atoms with van der Waals surface area (Å²) in [6, 6.07) is 0.236. The third-order valence-corrected chi connectivity index (χ3v) is 3.32. The van der Waals surface area contributed by atoms with Crippen molar-refractivity contribution in [3.05, 3.63) is 5.82 Å². The van der Waals surface area contributed by atoms with Crippen LogP contribution in [0.4, 0.5) is 0 Å². The molecule has 1 amide bonds. The van der Waals surface area contributed by atoms with Crippen LogP contribution >= 0.6 is 11.8 Å². The molecule has 0 saturated heterocycles. The summed E-state index contributed by atoms with van der Waals surface area (Å²) < 4.78 is 1.77. The minimum atomic E-state index is 0.0513. The fourth-order valence-corrected chi connectivity index (χ4v) is 2.18. The van der Waals surface area contributed by atoms with Gasteiger partial charge in [0.15, 0.2) is 5.82 Å². The third-order valence-electron chi connectivity index (χ3n) is 2.40. The smallest absolute Gasteiger partial charge is 0.230 e. The van der Waals surface area contributed by atoms with Gasteiger partial charge in [-0.15, -0.1) is 16.9 Å². The highest BCUT2D eigenvalue weighted by Crippen LogP contribution is 2.11. The Kier molecular flexibility index (Phi) is 6.79. The molecule has 0 aliphatic rings. The first kappa shape index (κ1) is 15.9. The van der Waals surface area contributed by atoms with Crippen molar-refractivity contribution in [1.82, 2.24) is 30.4 Å². The van der Waals surface area contributed by atoms with E-state index in [4.69, 9.17) is 0 Å². The molecule has 0 radical (unpaired) electrons. The van der Waals surface area contributed by atoms with Crippen LogP contribution in [0.5, 0.6) is 0 Å². The summed E-state index contributed by atoms with van der Waals surface area (Å²) >= 11 is 1.52. The quantitative estimate of drug-likeness (QED) is 0.734. The molecule has 1 aromatic rings. The van der Waals surface area contributed by atoms with E-state index in [1.54, 1.807) is 4.68 Å². The van der Waals surface area contributed by atoms with Crippen molar-refractivity contribution in [3.8, 4) is 0 Å². The molecule has 0 fully saturated rings. The molecule has 0 unspecified atom stereocenters. The van der Waals surface area contributed by atoms with Crippen LogP contribution in [0.15, 0.2) is 0 Å². The van der Waals surface area contributed by atoms with Gasteiger partial charge in [0.1, 0.15) is 0 Å². The van der Waals surface area contributed by atoms with Crippen LogP contribution in [0.1, 0.15) is 25.7 Å². The lowest BCUT2D eigenvalue weighted by atomic mass is 10.4. The average Bonchev–Trinajstić information content (AvgIpc) is 2.77. The van der Waals surface area contributed by atoms with E-state index < -0.39 is 0 Å². The number of tetrazole rings is 1. The maximum Gasteiger partial charge on any atom is 0.230 e. The first-order valence-corrected chi connectivity index (χ1v) is 7.42. The summed E-state index contributed by atoms with van der Waals surface area (Å²) in [5, 5.41) is 14.4. The first-order chi connectivity index (χ1) is 9.00.